The maximum atomic E-state index is 3.23. The van der Waals surface area contributed by atoms with Gasteiger partial charge in [0.15, 0.2) is 0 Å². The predicted molar refractivity (Wildman–Crippen MR) is 46.8 cm³/mol. The molecular weight excluding hydrogens is 150 g/mol. The molecule has 0 saturated heterocycles. The maximum Gasteiger partial charge on any atom is 0.0597 e. The smallest absolute Gasteiger partial charge is 0.0597 e. The zero-order chi connectivity index (χ0) is 7.97. The summed E-state index contributed by atoms with van der Waals surface area (Å²) in [6.45, 7) is 0. The summed E-state index contributed by atoms with van der Waals surface area (Å²) in [7, 11) is 0. The number of H-pyrrole nitrogens is 1. The van der Waals surface area contributed by atoms with Crippen LogP contribution in [0.15, 0.2) is 29.7 Å². The van der Waals surface area contributed by atoms with Gasteiger partial charge >= 0.3 is 0 Å². The first-order valence-electron chi connectivity index (χ1n) is 4.02. The van der Waals surface area contributed by atoms with Crippen molar-refractivity contribution in [3.8, 4) is 0 Å². The van der Waals surface area contributed by atoms with Crippen LogP contribution in [0.25, 0.3) is 6.08 Å². The molecule has 0 fully saturated rings. The largest absolute Gasteiger partial charge is 0.364 e. The fourth-order valence-electron chi connectivity index (χ4n) is 1.68. The Bertz CT molecular complexity index is 384. The first kappa shape index (κ1) is 5.94. The first-order valence-corrected chi connectivity index (χ1v) is 4.02. The summed E-state index contributed by atoms with van der Waals surface area (Å²) in [5.41, 5.74) is 11.2. The molecule has 3 N–H and O–H groups in total. The van der Waals surface area contributed by atoms with Crippen LogP contribution in [-0.2, 0) is 6.42 Å². The third-order valence-corrected chi connectivity index (χ3v) is 2.34. The van der Waals surface area contributed by atoms with Crippen LogP contribution >= 0.6 is 0 Å². The number of nitrogens with one attached hydrogen (secondary N) is 3. The van der Waals surface area contributed by atoms with Crippen LogP contribution in [-0.4, -0.2) is 4.98 Å². The molecule has 12 heavy (non-hydrogen) atoms. The van der Waals surface area contributed by atoms with Crippen molar-refractivity contribution in [1.82, 2.24) is 15.8 Å². The summed E-state index contributed by atoms with van der Waals surface area (Å²) in [5, 5.41) is 0. The van der Waals surface area contributed by atoms with E-state index in [4.69, 9.17) is 0 Å². The molecule has 0 radical (unpaired) electrons. The summed E-state index contributed by atoms with van der Waals surface area (Å²) in [4.78, 5) is 3.23. The van der Waals surface area contributed by atoms with Crippen molar-refractivity contribution in [3.63, 3.8) is 0 Å². The van der Waals surface area contributed by atoms with Gasteiger partial charge in [0.25, 0.3) is 0 Å². The second-order valence-corrected chi connectivity index (χ2v) is 3.09. The number of hydrazine groups is 1. The lowest BCUT2D eigenvalue weighted by Gasteiger charge is -2.11. The average molecular weight is 159 g/mol. The average Bonchev–Trinajstić information content (AvgIpc) is 2.64. The maximum absolute atomic E-state index is 3.23. The Morgan fingerprint density at radius 3 is 3.33 bits per heavy atom. The standard InChI is InChI=1S/C9H9N3/c1-2-10-8-4-7-5-11-12-9(7)3-6(1)8/h1-3,5,10-12H,4H2. The van der Waals surface area contributed by atoms with Gasteiger partial charge in [0, 0.05) is 30.1 Å². The van der Waals surface area contributed by atoms with Crippen molar-refractivity contribution in [2.75, 3.05) is 0 Å². The van der Waals surface area contributed by atoms with Crippen molar-refractivity contribution in [2.45, 2.75) is 6.42 Å². The van der Waals surface area contributed by atoms with E-state index in [0.29, 0.717) is 0 Å². The molecule has 0 amide bonds. The van der Waals surface area contributed by atoms with E-state index in [2.05, 4.69) is 28.0 Å². The highest BCUT2D eigenvalue weighted by Gasteiger charge is 2.18. The normalized spacial score (nSPS) is 18.3. The van der Waals surface area contributed by atoms with Gasteiger partial charge in [-0.25, -0.2) is 0 Å². The van der Waals surface area contributed by atoms with Gasteiger partial charge in [-0.05, 0) is 17.7 Å². The second kappa shape index (κ2) is 1.94. The highest BCUT2D eigenvalue weighted by atomic mass is 15.4. The SMILES string of the molecule is C1=C2Cc3[nH]ccc3C=C2NN1. The number of fused-ring (bicyclic) bond motifs is 2. The molecule has 0 atom stereocenters. The minimum atomic E-state index is 0.994. The lowest BCUT2D eigenvalue weighted by molar-refractivity contribution is 0.786. The van der Waals surface area contributed by atoms with Gasteiger partial charge in [0.05, 0.1) is 5.70 Å². The molecule has 1 aromatic heterocycles. The lowest BCUT2D eigenvalue weighted by atomic mass is 9.99. The Morgan fingerprint density at radius 2 is 2.33 bits per heavy atom. The van der Waals surface area contributed by atoms with Gasteiger partial charge in [0.2, 0.25) is 0 Å². The fourth-order valence-corrected chi connectivity index (χ4v) is 1.68. The fraction of sp³-hybridized carbons (Fsp3) is 0.111. The van der Waals surface area contributed by atoms with Gasteiger partial charge in [-0.2, -0.15) is 0 Å². The summed E-state index contributed by atoms with van der Waals surface area (Å²) in [6, 6.07) is 2.10. The highest BCUT2D eigenvalue weighted by molar-refractivity contribution is 5.65. The van der Waals surface area contributed by atoms with E-state index in [1.165, 1.54) is 22.5 Å². The summed E-state index contributed by atoms with van der Waals surface area (Å²) < 4.78 is 0. The number of aromatic amines is 1. The molecule has 1 aliphatic heterocycles. The molecule has 0 saturated carbocycles. The van der Waals surface area contributed by atoms with E-state index >= 15 is 0 Å². The van der Waals surface area contributed by atoms with Gasteiger partial charge in [-0.1, -0.05) is 0 Å². The topological polar surface area (TPSA) is 39.9 Å². The number of hydrogen-bond acceptors (Lipinski definition) is 2. The summed E-state index contributed by atoms with van der Waals surface area (Å²) in [6.07, 6.45) is 7.14. The molecule has 0 unspecified atom stereocenters. The van der Waals surface area contributed by atoms with E-state index in [-0.39, 0.29) is 0 Å². The Kier molecular flexibility index (Phi) is 0.961. The Labute approximate surface area is 70.1 Å². The second-order valence-electron chi connectivity index (χ2n) is 3.09. The predicted octanol–water partition coefficient (Wildman–Crippen LogP) is 0.903. The molecule has 60 valence electrons. The van der Waals surface area contributed by atoms with Crippen molar-refractivity contribution >= 4 is 6.08 Å². The van der Waals surface area contributed by atoms with Gasteiger partial charge < -0.3 is 15.8 Å². The molecule has 0 bridgehead atoms. The summed E-state index contributed by atoms with van der Waals surface area (Å²) in [5.74, 6) is 0. The highest BCUT2D eigenvalue weighted by Crippen LogP contribution is 2.26. The zero-order valence-electron chi connectivity index (χ0n) is 6.52. The number of rotatable bonds is 0. The quantitative estimate of drug-likeness (QED) is 0.526. The zero-order valence-corrected chi connectivity index (χ0v) is 6.52. The lowest BCUT2D eigenvalue weighted by Crippen LogP contribution is -2.19. The Hall–Kier alpha value is -1.64. The van der Waals surface area contributed by atoms with E-state index in [9.17, 15) is 0 Å². The Balaban J connectivity index is 2.18. The van der Waals surface area contributed by atoms with Crippen molar-refractivity contribution < 1.29 is 0 Å². The van der Waals surface area contributed by atoms with Crippen molar-refractivity contribution in [3.05, 3.63) is 41.0 Å². The molecule has 3 nitrogen and oxygen atoms in total. The molecule has 3 heteroatoms. The van der Waals surface area contributed by atoms with Gasteiger partial charge in [-0.3, -0.25) is 0 Å². The van der Waals surface area contributed by atoms with Gasteiger partial charge in [-0.15, -0.1) is 0 Å². The van der Waals surface area contributed by atoms with Crippen LogP contribution in [0.4, 0.5) is 0 Å². The molecule has 0 spiro atoms. The van der Waals surface area contributed by atoms with Crippen LogP contribution in [0.1, 0.15) is 11.3 Å². The van der Waals surface area contributed by atoms with Crippen LogP contribution in [0, 0.1) is 0 Å². The Morgan fingerprint density at radius 1 is 1.33 bits per heavy atom. The van der Waals surface area contributed by atoms with Crippen LogP contribution in [0.3, 0.4) is 0 Å². The third kappa shape index (κ3) is 0.652. The van der Waals surface area contributed by atoms with E-state index in [1.807, 2.05) is 12.4 Å². The molecular formula is C9H9N3. The van der Waals surface area contributed by atoms with E-state index in [1.54, 1.807) is 0 Å². The van der Waals surface area contributed by atoms with Crippen LogP contribution < -0.4 is 10.9 Å². The monoisotopic (exact) mass is 159 g/mol. The number of allylic oxidation sites excluding steroid dienone is 1. The van der Waals surface area contributed by atoms with Crippen molar-refractivity contribution in [2.24, 2.45) is 0 Å². The molecule has 1 aromatic rings. The first-order chi connectivity index (χ1) is 5.93. The van der Waals surface area contributed by atoms with E-state index in [0.717, 1.165) is 6.42 Å². The van der Waals surface area contributed by atoms with Crippen LogP contribution in [0.2, 0.25) is 0 Å². The third-order valence-electron chi connectivity index (χ3n) is 2.34. The van der Waals surface area contributed by atoms with Crippen molar-refractivity contribution in [1.29, 1.82) is 0 Å². The molecule has 2 heterocycles. The van der Waals surface area contributed by atoms with Crippen LogP contribution in [0.5, 0.6) is 0 Å². The minimum absolute atomic E-state index is 0.994. The molecule has 0 aromatic carbocycles. The van der Waals surface area contributed by atoms with Gasteiger partial charge in [0.1, 0.15) is 0 Å². The minimum Gasteiger partial charge on any atom is -0.364 e. The molecule has 2 aliphatic rings. The molecule has 3 rings (SSSR count). The summed E-state index contributed by atoms with van der Waals surface area (Å²) >= 11 is 0. The molecule has 1 aliphatic carbocycles. The van der Waals surface area contributed by atoms with E-state index < -0.39 is 0 Å². The number of hydrogen-bond donors (Lipinski definition) is 3. The number of aromatic nitrogens is 1.